The minimum Gasteiger partial charge on any atom is -0.482 e. The number of nitrogens with zero attached hydrogens (tertiary/aromatic N) is 1. The highest BCUT2D eigenvalue weighted by atomic mass is 35.5. The number of halogens is 1. The van der Waals surface area contributed by atoms with Crippen molar-refractivity contribution in [1.29, 1.82) is 0 Å². The summed E-state index contributed by atoms with van der Waals surface area (Å²) in [5.74, 6) is -0.0852. The third kappa shape index (κ3) is 4.83. The Morgan fingerprint density at radius 2 is 2.03 bits per heavy atom. The Labute approximate surface area is 175 Å². The smallest absolute Gasteiger partial charge is 0.264 e. The molecule has 2 aromatic rings. The number of fused-ring (bicyclic) bond motifs is 1. The number of methoxy groups -OCH3 is 1. The van der Waals surface area contributed by atoms with Gasteiger partial charge in [-0.3, -0.25) is 9.10 Å². The first kappa shape index (κ1) is 21.4. The summed E-state index contributed by atoms with van der Waals surface area (Å²) < 4.78 is 37.9. The molecule has 2 aromatic carbocycles. The fourth-order valence-corrected chi connectivity index (χ4v) is 5.03. The van der Waals surface area contributed by atoms with E-state index in [-0.39, 0.29) is 34.2 Å². The van der Waals surface area contributed by atoms with Gasteiger partial charge in [0.05, 0.1) is 22.2 Å². The number of amides is 1. The Kier molecular flexibility index (Phi) is 6.66. The maximum absolute atomic E-state index is 13.1. The third-order valence-electron chi connectivity index (χ3n) is 4.52. The molecule has 1 aliphatic rings. The first-order valence-corrected chi connectivity index (χ1v) is 11.0. The van der Waals surface area contributed by atoms with Gasteiger partial charge in [-0.2, -0.15) is 0 Å². The molecule has 1 atom stereocenters. The number of hydrogen-bond acceptors (Lipinski definition) is 5. The van der Waals surface area contributed by atoms with Gasteiger partial charge in [-0.05, 0) is 43.2 Å². The van der Waals surface area contributed by atoms with E-state index < -0.39 is 10.0 Å². The molecule has 7 nitrogen and oxygen atoms in total. The van der Waals surface area contributed by atoms with E-state index in [1.165, 1.54) is 22.5 Å². The summed E-state index contributed by atoms with van der Waals surface area (Å²) >= 11 is 6.22. The van der Waals surface area contributed by atoms with Crippen molar-refractivity contribution in [3.8, 4) is 5.75 Å². The lowest BCUT2D eigenvalue weighted by Gasteiger charge is -2.20. The summed E-state index contributed by atoms with van der Waals surface area (Å²) in [4.78, 5) is 12.0. The predicted molar refractivity (Wildman–Crippen MR) is 111 cm³/mol. The Balaban J connectivity index is 1.70. The number of ether oxygens (including phenoxy) is 2. The van der Waals surface area contributed by atoms with Crippen molar-refractivity contribution >= 4 is 33.2 Å². The summed E-state index contributed by atoms with van der Waals surface area (Å²) in [6.45, 7) is 2.35. The van der Waals surface area contributed by atoms with Crippen LogP contribution in [-0.4, -0.2) is 47.2 Å². The molecule has 0 unspecified atom stereocenters. The number of sulfonamides is 1. The molecule has 156 valence electrons. The van der Waals surface area contributed by atoms with Gasteiger partial charge in [0.1, 0.15) is 5.75 Å². The van der Waals surface area contributed by atoms with Crippen LogP contribution in [-0.2, 0) is 26.0 Å². The van der Waals surface area contributed by atoms with Crippen LogP contribution < -0.4 is 14.4 Å². The van der Waals surface area contributed by atoms with Gasteiger partial charge < -0.3 is 14.8 Å². The SMILES string of the molecule is COC[C@@H](C)NC(=O)COc1ccc(S(=O)(=O)N2CCc3ccccc32)cc1Cl. The minimum absolute atomic E-state index is 0.0738. The number of hydrogen-bond donors (Lipinski definition) is 1. The van der Waals surface area contributed by atoms with E-state index in [0.29, 0.717) is 25.3 Å². The van der Waals surface area contributed by atoms with Gasteiger partial charge in [0, 0.05) is 19.7 Å². The molecule has 0 radical (unpaired) electrons. The Morgan fingerprint density at radius 3 is 2.76 bits per heavy atom. The van der Waals surface area contributed by atoms with Gasteiger partial charge in [0.25, 0.3) is 15.9 Å². The number of benzene rings is 2. The highest BCUT2D eigenvalue weighted by Crippen LogP contribution is 2.34. The quantitative estimate of drug-likeness (QED) is 0.684. The fraction of sp³-hybridized carbons (Fsp3) is 0.350. The molecular formula is C20H23ClN2O5S. The molecule has 0 spiro atoms. The van der Waals surface area contributed by atoms with Crippen molar-refractivity contribution in [2.45, 2.75) is 24.3 Å². The van der Waals surface area contributed by atoms with Crippen LogP contribution in [0.3, 0.4) is 0 Å². The summed E-state index contributed by atoms with van der Waals surface area (Å²) in [6.07, 6.45) is 0.668. The molecule has 9 heteroatoms. The lowest BCUT2D eigenvalue weighted by atomic mass is 10.2. The summed E-state index contributed by atoms with van der Waals surface area (Å²) in [5.41, 5.74) is 1.68. The molecule has 1 N–H and O–H groups in total. The highest BCUT2D eigenvalue weighted by molar-refractivity contribution is 7.92. The van der Waals surface area contributed by atoms with Gasteiger partial charge in [0.15, 0.2) is 6.61 Å². The number of nitrogens with one attached hydrogen (secondary N) is 1. The van der Waals surface area contributed by atoms with E-state index in [1.807, 2.05) is 25.1 Å². The van der Waals surface area contributed by atoms with E-state index in [4.69, 9.17) is 21.1 Å². The Morgan fingerprint density at radius 1 is 1.28 bits per heavy atom. The van der Waals surface area contributed by atoms with Crippen LogP contribution in [0.2, 0.25) is 5.02 Å². The molecular weight excluding hydrogens is 416 g/mol. The van der Waals surface area contributed by atoms with Crippen LogP contribution in [0.5, 0.6) is 5.75 Å². The van der Waals surface area contributed by atoms with Crippen LogP contribution in [0.15, 0.2) is 47.4 Å². The summed E-state index contributed by atoms with van der Waals surface area (Å²) in [7, 11) is -2.19. The zero-order valence-corrected chi connectivity index (χ0v) is 17.8. The molecule has 0 fully saturated rings. The number of carbonyl (C=O) groups excluding carboxylic acids is 1. The molecule has 0 aliphatic carbocycles. The van der Waals surface area contributed by atoms with Gasteiger partial charge in [-0.15, -0.1) is 0 Å². The van der Waals surface area contributed by atoms with Crippen molar-refractivity contribution in [3.63, 3.8) is 0 Å². The summed E-state index contributed by atoms with van der Waals surface area (Å²) in [5, 5.41) is 2.84. The summed E-state index contributed by atoms with van der Waals surface area (Å²) in [6, 6.07) is 11.5. The number of carbonyl (C=O) groups is 1. The van der Waals surface area contributed by atoms with Gasteiger partial charge in [-0.1, -0.05) is 29.8 Å². The topological polar surface area (TPSA) is 84.9 Å². The molecule has 29 heavy (non-hydrogen) atoms. The average molecular weight is 439 g/mol. The molecule has 0 aromatic heterocycles. The third-order valence-corrected chi connectivity index (χ3v) is 6.62. The number of anilines is 1. The standard InChI is InChI=1S/C20H23ClN2O5S/c1-14(12-27-2)22-20(24)13-28-19-8-7-16(11-17(19)21)29(25,26)23-10-9-15-5-3-4-6-18(15)23/h3-8,11,14H,9-10,12-13H2,1-2H3,(H,22,24)/t14-/m1/s1. The molecule has 0 bridgehead atoms. The van der Waals surface area contributed by atoms with Crippen molar-refractivity contribution in [3.05, 3.63) is 53.1 Å². The minimum atomic E-state index is -3.74. The molecule has 1 amide bonds. The molecule has 1 heterocycles. The van der Waals surface area contributed by atoms with E-state index in [2.05, 4.69) is 5.32 Å². The average Bonchev–Trinajstić information content (AvgIpc) is 3.12. The van der Waals surface area contributed by atoms with Crippen LogP contribution in [0.4, 0.5) is 5.69 Å². The number of para-hydroxylation sites is 1. The molecule has 0 saturated heterocycles. The van der Waals surface area contributed by atoms with Crippen LogP contribution in [0.25, 0.3) is 0 Å². The normalized spacial score (nSPS) is 14.4. The second-order valence-electron chi connectivity index (χ2n) is 6.76. The second-order valence-corrected chi connectivity index (χ2v) is 9.03. The van der Waals surface area contributed by atoms with E-state index in [1.54, 1.807) is 13.2 Å². The lowest BCUT2D eigenvalue weighted by molar-refractivity contribution is -0.124. The maximum atomic E-state index is 13.1. The zero-order chi connectivity index (χ0) is 21.0. The van der Waals surface area contributed by atoms with Gasteiger partial charge in [0.2, 0.25) is 0 Å². The lowest BCUT2D eigenvalue weighted by Crippen LogP contribution is -2.38. The van der Waals surface area contributed by atoms with Crippen LogP contribution >= 0.6 is 11.6 Å². The predicted octanol–water partition coefficient (Wildman–Crippen LogP) is 2.62. The van der Waals surface area contributed by atoms with Crippen LogP contribution in [0, 0.1) is 0 Å². The van der Waals surface area contributed by atoms with Crippen molar-refractivity contribution in [2.24, 2.45) is 0 Å². The van der Waals surface area contributed by atoms with Gasteiger partial charge >= 0.3 is 0 Å². The van der Waals surface area contributed by atoms with Crippen molar-refractivity contribution in [1.82, 2.24) is 5.32 Å². The highest BCUT2D eigenvalue weighted by Gasteiger charge is 2.31. The first-order valence-electron chi connectivity index (χ1n) is 9.14. The largest absolute Gasteiger partial charge is 0.482 e. The van der Waals surface area contributed by atoms with E-state index >= 15 is 0 Å². The zero-order valence-electron chi connectivity index (χ0n) is 16.2. The van der Waals surface area contributed by atoms with Crippen molar-refractivity contribution in [2.75, 3.05) is 31.2 Å². The molecule has 3 rings (SSSR count). The molecule has 0 saturated carbocycles. The van der Waals surface area contributed by atoms with E-state index in [0.717, 1.165) is 5.56 Å². The maximum Gasteiger partial charge on any atom is 0.264 e. The fourth-order valence-electron chi connectivity index (χ4n) is 3.20. The Hall–Kier alpha value is -2.29. The Bertz CT molecular complexity index is 996. The molecule has 1 aliphatic heterocycles. The second kappa shape index (κ2) is 9.02. The van der Waals surface area contributed by atoms with E-state index in [9.17, 15) is 13.2 Å². The first-order chi connectivity index (χ1) is 13.8. The van der Waals surface area contributed by atoms with Crippen LogP contribution in [0.1, 0.15) is 12.5 Å². The van der Waals surface area contributed by atoms with Gasteiger partial charge in [-0.25, -0.2) is 8.42 Å². The number of rotatable bonds is 8. The van der Waals surface area contributed by atoms with Crippen molar-refractivity contribution < 1.29 is 22.7 Å². The monoisotopic (exact) mass is 438 g/mol.